The number of hydrogen-bond donors (Lipinski definition) is 0. The van der Waals surface area contributed by atoms with Gasteiger partial charge in [0.15, 0.2) is 0 Å². The second-order valence-corrected chi connectivity index (χ2v) is 10.1. The Labute approximate surface area is 151 Å². The number of rotatable bonds is 0. The van der Waals surface area contributed by atoms with Crippen LogP contribution in [0.2, 0.25) is 0 Å². The molecule has 0 heterocycles. The average molecular weight is 329 g/mol. The number of allylic oxidation sites excluding steroid dienone is 2. The van der Waals surface area contributed by atoms with Crippen LogP contribution < -0.4 is 0 Å². The molecule has 0 aromatic rings. The van der Waals surface area contributed by atoms with E-state index in [1.54, 1.807) is 11.1 Å². The molecule has 3 saturated carbocycles. The molecule has 3 aliphatic rings. The normalized spacial score (nSPS) is 58.2. The van der Waals surface area contributed by atoms with Gasteiger partial charge in [-0.2, -0.15) is 0 Å². The van der Waals surface area contributed by atoms with Crippen LogP contribution in [0.15, 0.2) is 24.3 Å². The molecule has 12 unspecified atom stereocenters. The van der Waals surface area contributed by atoms with Crippen LogP contribution in [0.3, 0.4) is 0 Å². The number of hydrogen-bond acceptors (Lipinski definition) is 0. The maximum atomic E-state index is 4.76. The first-order valence-corrected chi connectivity index (χ1v) is 10.5. The lowest BCUT2D eigenvalue weighted by atomic mass is 9.43. The van der Waals surface area contributed by atoms with Crippen molar-refractivity contribution in [2.45, 2.75) is 55.4 Å². The third kappa shape index (κ3) is 2.24. The van der Waals surface area contributed by atoms with Gasteiger partial charge in [-0.3, -0.25) is 0 Å². The molecule has 0 aromatic carbocycles. The SMILES string of the molecule is C=C1C2C(C)C(C)C(C)C(C)C2C(=C)C2C(C)C(C)C(C)C(C)C12. The van der Waals surface area contributed by atoms with Crippen molar-refractivity contribution in [1.82, 2.24) is 0 Å². The Bertz CT molecular complexity index is 436. The van der Waals surface area contributed by atoms with Gasteiger partial charge in [-0.05, 0) is 71.0 Å². The van der Waals surface area contributed by atoms with Crippen molar-refractivity contribution in [3.05, 3.63) is 24.3 Å². The molecule has 0 amide bonds. The Morgan fingerprint density at radius 2 is 0.542 bits per heavy atom. The minimum atomic E-state index is 0.662. The van der Waals surface area contributed by atoms with E-state index in [1.165, 1.54) is 0 Å². The topological polar surface area (TPSA) is 0 Å². The third-order valence-corrected chi connectivity index (χ3v) is 9.73. The van der Waals surface area contributed by atoms with Crippen molar-refractivity contribution in [3.8, 4) is 0 Å². The molecule has 0 N–H and O–H groups in total. The van der Waals surface area contributed by atoms with Crippen LogP contribution in [0.4, 0.5) is 0 Å². The van der Waals surface area contributed by atoms with Crippen molar-refractivity contribution in [2.75, 3.05) is 0 Å². The highest BCUT2D eigenvalue weighted by molar-refractivity contribution is 5.31. The minimum Gasteiger partial charge on any atom is -0.0992 e. The van der Waals surface area contributed by atoms with Gasteiger partial charge in [0.1, 0.15) is 0 Å². The van der Waals surface area contributed by atoms with E-state index in [9.17, 15) is 0 Å². The summed E-state index contributed by atoms with van der Waals surface area (Å²) in [5, 5.41) is 0. The molecule has 24 heavy (non-hydrogen) atoms. The molecular formula is C24H40. The molecule has 3 aliphatic carbocycles. The summed E-state index contributed by atoms with van der Waals surface area (Å²) >= 11 is 0. The highest BCUT2D eigenvalue weighted by atomic mass is 14.6. The molecule has 0 heteroatoms. The van der Waals surface area contributed by atoms with Gasteiger partial charge in [-0.15, -0.1) is 0 Å². The zero-order valence-electron chi connectivity index (χ0n) is 17.3. The Balaban J connectivity index is 2.06. The monoisotopic (exact) mass is 328 g/mol. The maximum Gasteiger partial charge on any atom is -0.0106 e. The molecule has 12 atom stereocenters. The standard InChI is InChI=1S/C24H40/c1-11-12(2)16(6)22-20(10)24-18(8)14(4)13(3)17(7)23(24)19(9)21(22)15(11)5/h11-18,21-24H,9-10H2,1-8H3. The van der Waals surface area contributed by atoms with E-state index in [2.05, 4.69) is 55.4 Å². The van der Waals surface area contributed by atoms with Gasteiger partial charge in [0, 0.05) is 0 Å². The van der Waals surface area contributed by atoms with E-state index in [4.69, 9.17) is 13.2 Å². The number of fused-ring (bicyclic) bond motifs is 2. The van der Waals surface area contributed by atoms with E-state index >= 15 is 0 Å². The van der Waals surface area contributed by atoms with Gasteiger partial charge in [0.2, 0.25) is 0 Å². The highest BCUT2D eigenvalue weighted by Gasteiger charge is 2.56. The molecule has 3 rings (SSSR count). The molecule has 0 radical (unpaired) electrons. The van der Waals surface area contributed by atoms with E-state index in [1.807, 2.05) is 0 Å². The van der Waals surface area contributed by atoms with Gasteiger partial charge >= 0.3 is 0 Å². The fourth-order valence-electron chi connectivity index (χ4n) is 7.25. The molecular weight excluding hydrogens is 288 g/mol. The average Bonchev–Trinajstić information content (AvgIpc) is 2.55. The summed E-state index contributed by atoms with van der Waals surface area (Å²) in [6, 6.07) is 0. The third-order valence-electron chi connectivity index (χ3n) is 9.73. The summed E-state index contributed by atoms with van der Waals surface area (Å²) in [4.78, 5) is 0. The lowest BCUT2D eigenvalue weighted by molar-refractivity contribution is -0.0313. The molecule has 0 bridgehead atoms. The largest absolute Gasteiger partial charge is 0.0992 e. The molecule has 0 saturated heterocycles. The molecule has 0 aromatic heterocycles. The predicted molar refractivity (Wildman–Crippen MR) is 106 cm³/mol. The summed E-state index contributed by atoms with van der Waals surface area (Å²) in [5.41, 5.74) is 3.18. The Morgan fingerprint density at radius 1 is 0.375 bits per heavy atom. The van der Waals surface area contributed by atoms with Gasteiger partial charge in [-0.1, -0.05) is 79.7 Å². The van der Waals surface area contributed by atoms with Gasteiger partial charge in [0.05, 0.1) is 0 Å². The summed E-state index contributed by atoms with van der Waals surface area (Å²) in [7, 11) is 0. The summed E-state index contributed by atoms with van der Waals surface area (Å²) in [5.74, 6) is 8.75. The fraction of sp³-hybridized carbons (Fsp3) is 0.833. The molecule has 136 valence electrons. The molecule has 0 spiro atoms. The summed E-state index contributed by atoms with van der Waals surface area (Å²) < 4.78 is 0. The van der Waals surface area contributed by atoms with Crippen LogP contribution in [-0.4, -0.2) is 0 Å². The minimum absolute atomic E-state index is 0.662. The van der Waals surface area contributed by atoms with Gasteiger partial charge in [-0.25, -0.2) is 0 Å². The van der Waals surface area contributed by atoms with Crippen LogP contribution in [0.25, 0.3) is 0 Å². The zero-order chi connectivity index (χ0) is 18.1. The van der Waals surface area contributed by atoms with Gasteiger partial charge in [0.25, 0.3) is 0 Å². The second-order valence-electron chi connectivity index (χ2n) is 10.1. The van der Waals surface area contributed by atoms with E-state index in [0.717, 1.165) is 47.3 Å². The highest BCUT2D eigenvalue weighted by Crippen LogP contribution is 2.63. The van der Waals surface area contributed by atoms with Crippen LogP contribution in [0.1, 0.15) is 55.4 Å². The predicted octanol–water partition coefficient (Wildman–Crippen LogP) is 6.69. The zero-order valence-corrected chi connectivity index (χ0v) is 17.3. The van der Waals surface area contributed by atoms with Crippen LogP contribution in [0.5, 0.6) is 0 Å². The van der Waals surface area contributed by atoms with Gasteiger partial charge < -0.3 is 0 Å². The molecule has 0 nitrogen and oxygen atoms in total. The summed E-state index contributed by atoms with van der Waals surface area (Å²) in [6.07, 6.45) is 0. The van der Waals surface area contributed by atoms with Crippen molar-refractivity contribution >= 4 is 0 Å². The van der Waals surface area contributed by atoms with Crippen molar-refractivity contribution in [2.24, 2.45) is 71.0 Å². The first-order valence-electron chi connectivity index (χ1n) is 10.5. The van der Waals surface area contributed by atoms with E-state index in [-0.39, 0.29) is 0 Å². The van der Waals surface area contributed by atoms with Crippen LogP contribution in [0, 0.1) is 71.0 Å². The van der Waals surface area contributed by atoms with E-state index in [0.29, 0.717) is 23.7 Å². The Kier molecular flexibility index (Phi) is 4.59. The first-order chi connectivity index (χ1) is 11.1. The van der Waals surface area contributed by atoms with Crippen molar-refractivity contribution in [3.63, 3.8) is 0 Å². The van der Waals surface area contributed by atoms with Crippen LogP contribution >= 0.6 is 0 Å². The fourth-order valence-corrected chi connectivity index (χ4v) is 7.25. The van der Waals surface area contributed by atoms with Crippen molar-refractivity contribution in [1.29, 1.82) is 0 Å². The lowest BCUT2D eigenvalue weighted by Crippen LogP contribution is -2.55. The van der Waals surface area contributed by atoms with Crippen LogP contribution in [-0.2, 0) is 0 Å². The van der Waals surface area contributed by atoms with E-state index < -0.39 is 0 Å². The Hall–Kier alpha value is -0.520. The lowest BCUT2D eigenvalue weighted by Gasteiger charge is -2.61. The first kappa shape index (κ1) is 18.3. The maximum absolute atomic E-state index is 4.76. The smallest absolute Gasteiger partial charge is 0.0106 e. The van der Waals surface area contributed by atoms with Crippen molar-refractivity contribution < 1.29 is 0 Å². The second kappa shape index (κ2) is 6.03. The quantitative estimate of drug-likeness (QED) is 0.434. The summed E-state index contributed by atoms with van der Waals surface area (Å²) in [6.45, 7) is 29.4. The molecule has 0 aliphatic heterocycles. The Morgan fingerprint density at radius 3 is 0.708 bits per heavy atom. The molecule has 3 fully saturated rings.